The monoisotopic (exact) mass is 593 g/mol. The first kappa shape index (κ1) is 29.9. The smallest absolute Gasteiger partial charge is 0.324 e. The number of hydrogen-bond donors (Lipinski definition) is 3. The number of amides is 2. The fraction of sp³-hybridized carbons (Fsp3) is 0.417. The molecule has 44 heavy (non-hydrogen) atoms. The molecule has 0 bridgehead atoms. The number of rotatable bonds is 7. The van der Waals surface area contributed by atoms with Crippen molar-refractivity contribution in [3.8, 4) is 5.69 Å². The van der Waals surface area contributed by atoms with Crippen LogP contribution in [0.4, 0.5) is 16.3 Å². The van der Waals surface area contributed by atoms with Gasteiger partial charge >= 0.3 is 6.03 Å². The second kappa shape index (κ2) is 12.4. The van der Waals surface area contributed by atoms with E-state index in [4.69, 9.17) is 9.84 Å². The number of piperidine rings is 1. The second-order valence-corrected chi connectivity index (χ2v) is 13.3. The van der Waals surface area contributed by atoms with Gasteiger partial charge in [-0.1, -0.05) is 56.7 Å². The van der Waals surface area contributed by atoms with Crippen molar-refractivity contribution in [2.75, 3.05) is 23.7 Å². The standard InChI is InChI=1S/C36H43N5O3/c1-23-9-13-27(14-10-23)41-32(22-31(40-41)36(2,3)4)39-35(43)38-29-8-6-5-7-28(29)33(25-15-18-37-19-16-25)34(42)26-12-11-24-17-20-44-30(24)21-26/h5-10,13-14,17,20-22,24-25,30,33,37H,11-12,15-16,18-19H2,1-4H3,(H2,38,39,43). The van der Waals surface area contributed by atoms with E-state index in [0.29, 0.717) is 17.4 Å². The number of aromatic nitrogens is 2. The molecule has 230 valence electrons. The molecule has 1 aliphatic carbocycles. The number of ether oxygens (including phenoxy) is 1. The van der Waals surface area contributed by atoms with E-state index >= 15 is 0 Å². The Balaban J connectivity index is 1.29. The lowest BCUT2D eigenvalue weighted by atomic mass is 9.73. The summed E-state index contributed by atoms with van der Waals surface area (Å²) in [5, 5.41) is 14.4. The number of carbonyl (C=O) groups excluding carboxylic acids is 2. The number of ketones is 1. The zero-order chi connectivity index (χ0) is 30.8. The molecule has 3 heterocycles. The Morgan fingerprint density at radius 1 is 1.02 bits per heavy atom. The minimum absolute atomic E-state index is 0.0631. The van der Waals surface area contributed by atoms with Crippen molar-refractivity contribution in [1.29, 1.82) is 0 Å². The molecule has 3 atom stereocenters. The van der Waals surface area contributed by atoms with E-state index in [-0.39, 0.29) is 35.2 Å². The van der Waals surface area contributed by atoms with Gasteiger partial charge in [0.15, 0.2) is 5.78 Å². The maximum absolute atomic E-state index is 14.3. The van der Waals surface area contributed by atoms with Crippen LogP contribution in [0.5, 0.6) is 0 Å². The predicted molar refractivity (Wildman–Crippen MR) is 174 cm³/mol. The number of allylic oxidation sites excluding steroid dienone is 1. The number of benzene rings is 2. The Bertz CT molecular complexity index is 1570. The number of Topliss-reactive ketones (excluding diaryl/α,β-unsaturated/α-hetero) is 1. The molecule has 8 nitrogen and oxygen atoms in total. The Morgan fingerprint density at radius 2 is 1.77 bits per heavy atom. The number of nitrogens with zero attached hydrogens (tertiary/aromatic N) is 2. The number of para-hydroxylation sites is 1. The van der Waals surface area contributed by atoms with Gasteiger partial charge in [-0.25, -0.2) is 9.48 Å². The lowest BCUT2D eigenvalue weighted by Gasteiger charge is -2.33. The Morgan fingerprint density at radius 3 is 2.52 bits per heavy atom. The highest BCUT2D eigenvalue weighted by atomic mass is 16.5. The first-order chi connectivity index (χ1) is 21.2. The summed E-state index contributed by atoms with van der Waals surface area (Å²) < 4.78 is 7.55. The van der Waals surface area contributed by atoms with Crippen LogP contribution in [0, 0.1) is 18.8 Å². The van der Waals surface area contributed by atoms with E-state index in [2.05, 4.69) is 42.8 Å². The minimum atomic E-state index is -0.382. The molecule has 1 saturated heterocycles. The third kappa shape index (κ3) is 6.36. The maximum atomic E-state index is 14.3. The lowest BCUT2D eigenvalue weighted by Crippen LogP contribution is -2.35. The molecule has 8 heteroatoms. The summed E-state index contributed by atoms with van der Waals surface area (Å²) in [6.07, 6.45) is 9.28. The summed E-state index contributed by atoms with van der Waals surface area (Å²) in [6, 6.07) is 17.3. The second-order valence-electron chi connectivity index (χ2n) is 13.3. The average Bonchev–Trinajstić information content (AvgIpc) is 3.66. The first-order valence-corrected chi connectivity index (χ1v) is 15.8. The fourth-order valence-electron chi connectivity index (χ4n) is 6.54. The van der Waals surface area contributed by atoms with Crippen LogP contribution in [0.2, 0.25) is 0 Å². The first-order valence-electron chi connectivity index (χ1n) is 15.8. The molecule has 0 spiro atoms. The summed E-state index contributed by atoms with van der Waals surface area (Å²) >= 11 is 0. The molecule has 1 fully saturated rings. The van der Waals surface area contributed by atoms with Crippen LogP contribution < -0.4 is 16.0 Å². The van der Waals surface area contributed by atoms with Gasteiger partial charge in [0.25, 0.3) is 0 Å². The highest BCUT2D eigenvalue weighted by Crippen LogP contribution is 2.41. The van der Waals surface area contributed by atoms with Crippen molar-refractivity contribution in [1.82, 2.24) is 15.1 Å². The number of aryl methyl sites for hydroxylation is 1. The van der Waals surface area contributed by atoms with Gasteiger partial charge in [-0.05, 0) is 93.1 Å². The van der Waals surface area contributed by atoms with E-state index in [1.807, 2.05) is 67.6 Å². The van der Waals surface area contributed by atoms with E-state index in [1.54, 1.807) is 10.9 Å². The molecular weight excluding hydrogens is 550 g/mol. The lowest BCUT2D eigenvalue weighted by molar-refractivity contribution is -0.118. The molecule has 2 aromatic carbocycles. The quantitative estimate of drug-likeness (QED) is 0.274. The minimum Gasteiger partial charge on any atom is -0.494 e. The van der Waals surface area contributed by atoms with Gasteiger partial charge in [-0.2, -0.15) is 5.10 Å². The number of carbonyl (C=O) groups is 2. The van der Waals surface area contributed by atoms with E-state index < -0.39 is 0 Å². The zero-order valence-electron chi connectivity index (χ0n) is 26.1. The van der Waals surface area contributed by atoms with Gasteiger partial charge in [0.1, 0.15) is 11.9 Å². The third-order valence-corrected chi connectivity index (χ3v) is 9.09. The number of anilines is 2. The summed E-state index contributed by atoms with van der Waals surface area (Å²) in [6.45, 7) is 10.1. The normalized spacial score (nSPS) is 20.8. The summed E-state index contributed by atoms with van der Waals surface area (Å²) in [4.78, 5) is 28.0. The van der Waals surface area contributed by atoms with E-state index in [9.17, 15) is 9.59 Å². The molecule has 1 aromatic heterocycles. The van der Waals surface area contributed by atoms with Crippen molar-refractivity contribution in [3.05, 3.63) is 95.4 Å². The predicted octanol–water partition coefficient (Wildman–Crippen LogP) is 7.02. The van der Waals surface area contributed by atoms with Crippen molar-refractivity contribution < 1.29 is 14.3 Å². The van der Waals surface area contributed by atoms with Gasteiger partial charge in [0, 0.05) is 23.1 Å². The highest BCUT2D eigenvalue weighted by Gasteiger charge is 2.37. The average molecular weight is 594 g/mol. The van der Waals surface area contributed by atoms with E-state index in [1.165, 1.54) is 0 Å². The summed E-state index contributed by atoms with van der Waals surface area (Å²) in [5.74, 6) is 0.887. The van der Waals surface area contributed by atoms with Crippen molar-refractivity contribution in [2.45, 2.75) is 70.8 Å². The Labute approximate surface area is 260 Å². The van der Waals surface area contributed by atoms with Crippen molar-refractivity contribution in [2.24, 2.45) is 11.8 Å². The maximum Gasteiger partial charge on any atom is 0.324 e. The van der Waals surface area contributed by atoms with Crippen LogP contribution in [0.1, 0.15) is 69.2 Å². The van der Waals surface area contributed by atoms with Gasteiger partial charge in [0.2, 0.25) is 0 Å². The molecule has 3 unspecified atom stereocenters. The topological polar surface area (TPSA) is 97.3 Å². The zero-order valence-corrected chi connectivity index (χ0v) is 26.1. The summed E-state index contributed by atoms with van der Waals surface area (Å²) in [7, 11) is 0. The molecule has 3 N–H and O–H groups in total. The molecule has 0 saturated carbocycles. The third-order valence-electron chi connectivity index (χ3n) is 9.09. The number of nitrogens with one attached hydrogen (secondary N) is 3. The van der Waals surface area contributed by atoms with Crippen molar-refractivity contribution >= 4 is 23.3 Å². The molecule has 2 aliphatic heterocycles. The highest BCUT2D eigenvalue weighted by molar-refractivity contribution is 6.04. The Hall–Kier alpha value is -4.17. The van der Waals surface area contributed by atoms with Crippen LogP contribution in [0.15, 0.2) is 78.6 Å². The van der Waals surface area contributed by atoms with Crippen LogP contribution in [0.3, 0.4) is 0 Å². The number of hydrogen-bond acceptors (Lipinski definition) is 5. The SMILES string of the molecule is Cc1ccc(-n2nc(C(C)(C)C)cc2NC(=O)Nc2ccccc2C(C(=O)C2=CC3OC=CC3CC2)C2CCNCC2)cc1. The van der Waals surface area contributed by atoms with Gasteiger partial charge in [-0.15, -0.1) is 0 Å². The largest absolute Gasteiger partial charge is 0.494 e. The molecule has 3 aliphatic rings. The van der Waals surface area contributed by atoms with Gasteiger partial charge in [0.05, 0.1) is 23.6 Å². The molecule has 3 aromatic rings. The molecule has 2 amide bonds. The number of fused-ring (bicyclic) bond motifs is 1. The fourth-order valence-corrected chi connectivity index (χ4v) is 6.54. The Kier molecular flexibility index (Phi) is 8.45. The van der Waals surface area contributed by atoms with Gasteiger partial charge < -0.3 is 15.4 Å². The van der Waals surface area contributed by atoms with Crippen LogP contribution >= 0.6 is 0 Å². The molecule has 6 rings (SSSR count). The van der Waals surface area contributed by atoms with Gasteiger partial charge in [-0.3, -0.25) is 10.1 Å². The molecule has 0 radical (unpaired) electrons. The van der Waals surface area contributed by atoms with Crippen LogP contribution in [-0.2, 0) is 14.9 Å². The molecular formula is C36H43N5O3. The van der Waals surface area contributed by atoms with Crippen LogP contribution in [0.25, 0.3) is 5.69 Å². The summed E-state index contributed by atoms with van der Waals surface area (Å²) in [5.41, 5.74) is 5.02. The van der Waals surface area contributed by atoms with E-state index in [0.717, 1.165) is 66.9 Å². The number of urea groups is 1. The van der Waals surface area contributed by atoms with Crippen molar-refractivity contribution in [3.63, 3.8) is 0 Å². The van der Waals surface area contributed by atoms with Crippen LogP contribution in [-0.4, -0.2) is 40.8 Å².